The number of methoxy groups -OCH3 is 1. The predicted octanol–water partition coefficient (Wildman–Crippen LogP) is 2.91. The number of aromatic nitrogens is 2. The van der Waals surface area contributed by atoms with Gasteiger partial charge in [0, 0.05) is 38.9 Å². The van der Waals surface area contributed by atoms with E-state index in [0.717, 1.165) is 55.5 Å². The number of rotatable bonds is 5. The lowest BCUT2D eigenvalue weighted by molar-refractivity contribution is 0.244. The molecule has 1 N–H and O–H groups in total. The Kier molecular flexibility index (Phi) is 4.98. The first-order valence-corrected chi connectivity index (χ1v) is 9.17. The van der Waals surface area contributed by atoms with Gasteiger partial charge in [-0.1, -0.05) is 12.1 Å². The van der Waals surface area contributed by atoms with E-state index in [4.69, 9.17) is 4.74 Å². The summed E-state index contributed by atoms with van der Waals surface area (Å²) in [7, 11) is 1.72. The summed E-state index contributed by atoms with van der Waals surface area (Å²) in [5, 5.41) is 13.9. The molecule has 140 valence electrons. The highest BCUT2D eigenvalue weighted by Gasteiger charge is 2.20. The molecule has 2 heterocycles. The van der Waals surface area contributed by atoms with Crippen LogP contribution in [-0.4, -0.2) is 53.1 Å². The van der Waals surface area contributed by atoms with Crippen molar-refractivity contribution in [3.8, 4) is 17.2 Å². The van der Waals surface area contributed by atoms with Gasteiger partial charge in [-0.25, -0.2) is 4.68 Å². The topological polar surface area (TPSA) is 53.8 Å². The number of benzene rings is 2. The Balaban J connectivity index is 1.42. The van der Waals surface area contributed by atoms with Crippen molar-refractivity contribution in [3.05, 3.63) is 66.5 Å². The number of hydrogen-bond donors (Lipinski definition) is 1. The van der Waals surface area contributed by atoms with Crippen molar-refractivity contribution in [1.29, 1.82) is 0 Å². The highest BCUT2D eigenvalue weighted by atomic mass is 16.5. The molecule has 0 unspecified atom stereocenters. The van der Waals surface area contributed by atoms with Gasteiger partial charge in [0.2, 0.25) is 0 Å². The van der Waals surface area contributed by atoms with Crippen LogP contribution in [0.15, 0.2) is 60.8 Å². The highest BCUT2D eigenvalue weighted by Crippen LogP contribution is 2.28. The molecule has 0 aliphatic carbocycles. The van der Waals surface area contributed by atoms with Crippen LogP contribution in [0.5, 0.6) is 11.5 Å². The second kappa shape index (κ2) is 7.72. The summed E-state index contributed by atoms with van der Waals surface area (Å²) in [4.78, 5) is 4.83. The Hall–Kier alpha value is -2.99. The maximum absolute atomic E-state index is 9.49. The number of phenols is 1. The molecular weight excluding hydrogens is 340 g/mol. The van der Waals surface area contributed by atoms with E-state index in [1.54, 1.807) is 19.2 Å². The Morgan fingerprint density at radius 3 is 2.44 bits per heavy atom. The monoisotopic (exact) mass is 364 g/mol. The average molecular weight is 364 g/mol. The largest absolute Gasteiger partial charge is 0.508 e. The van der Waals surface area contributed by atoms with Crippen LogP contribution < -0.4 is 9.64 Å². The zero-order chi connectivity index (χ0) is 18.6. The molecule has 2 aromatic carbocycles. The Bertz CT molecular complexity index is 883. The molecule has 0 radical (unpaired) electrons. The molecule has 1 fully saturated rings. The van der Waals surface area contributed by atoms with Crippen LogP contribution in [0.1, 0.15) is 5.69 Å². The normalized spacial score (nSPS) is 15.1. The van der Waals surface area contributed by atoms with Gasteiger partial charge in [0.15, 0.2) is 0 Å². The lowest BCUT2D eigenvalue weighted by Crippen LogP contribution is -2.46. The molecule has 0 atom stereocenters. The molecule has 0 spiro atoms. The number of para-hydroxylation sites is 2. The van der Waals surface area contributed by atoms with Crippen LogP contribution in [0.2, 0.25) is 0 Å². The SMILES string of the molecule is COc1ccccc1N1CCN(Cc2ccnn2-c2ccc(O)cc2)CC1. The second-order valence-corrected chi connectivity index (χ2v) is 6.69. The van der Waals surface area contributed by atoms with Crippen LogP contribution in [-0.2, 0) is 6.54 Å². The number of phenolic OH excluding ortho intramolecular Hbond substituents is 1. The van der Waals surface area contributed by atoms with Gasteiger partial charge in [-0.15, -0.1) is 0 Å². The maximum atomic E-state index is 9.49. The fourth-order valence-corrected chi connectivity index (χ4v) is 3.54. The molecule has 0 saturated carbocycles. The van der Waals surface area contributed by atoms with Gasteiger partial charge in [-0.05, 0) is 42.5 Å². The average Bonchev–Trinajstić information content (AvgIpc) is 3.17. The van der Waals surface area contributed by atoms with Crippen molar-refractivity contribution in [3.63, 3.8) is 0 Å². The number of nitrogens with zero attached hydrogens (tertiary/aromatic N) is 4. The van der Waals surface area contributed by atoms with E-state index < -0.39 is 0 Å². The molecule has 1 aromatic heterocycles. The molecule has 27 heavy (non-hydrogen) atoms. The highest BCUT2D eigenvalue weighted by molar-refractivity contribution is 5.58. The van der Waals surface area contributed by atoms with Crippen LogP contribution >= 0.6 is 0 Å². The van der Waals surface area contributed by atoms with Gasteiger partial charge in [0.05, 0.1) is 24.2 Å². The van der Waals surface area contributed by atoms with E-state index >= 15 is 0 Å². The second-order valence-electron chi connectivity index (χ2n) is 6.69. The van der Waals surface area contributed by atoms with E-state index in [1.807, 2.05) is 35.1 Å². The lowest BCUT2D eigenvalue weighted by atomic mass is 10.2. The van der Waals surface area contributed by atoms with E-state index in [9.17, 15) is 5.11 Å². The number of ether oxygens (including phenoxy) is 1. The predicted molar refractivity (Wildman–Crippen MR) is 106 cm³/mol. The van der Waals surface area contributed by atoms with Gasteiger partial charge in [0.25, 0.3) is 0 Å². The minimum atomic E-state index is 0.264. The molecule has 1 aliphatic rings. The van der Waals surface area contributed by atoms with Gasteiger partial charge in [0.1, 0.15) is 11.5 Å². The summed E-state index contributed by atoms with van der Waals surface area (Å²) in [6.45, 7) is 4.75. The number of anilines is 1. The van der Waals surface area contributed by atoms with Gasteiger partial charge in [-0.3, -0.25) is 4.90 Å². The quantitative estimate of drug-likeness (QED) is 0.754. The van der Waals surface area contributed by atoms with Crippen LogP contribution in [0.3, 0.4) is 0 Å². The summed E-state index contributed by atoms with van der Waals surface area (Å²) in [5.41, 5.74) is 3.26. The first-order chi connectivity index (χ1) is 13.2. The summed E-state index contributed by atoms with van der Waals surface area (Å²) in [5.74, 6) is 1.19. The first kappa shape index (κ1) is 17.4. The fourth-order valence-electron chi connectivity index (χ4n) is 3.54. The minimum Gasteiger partial charge on any atom is -0.508 e. The molecule has 6 nitrogen and oxygen atoms in total. The van der Waals surface area contributed by atoms with Crippen molar-refractivity contribution >= 4 is 5.69 Å². The van der Waals surface area contributed by atoms with Gasteiger partial charge < -0.3 is 14.7 Å². The Morgan fingerprint density at radius 2 is 1.70 bits per heavy atom. The molecule has 6 heteroatoms. The van der Waals surface area contributed by atoms with Crippen molar-refractivity contribution < 1.29 is 9.84 Å². The van der Waals surface area contributed by atoms with Crippen molar-refractivity contribution in [2.75, 3.05) is 38.2 Å². The summed E-state index contributed by atoms with van der Waals surface area (Å²) in [6.07, 6.45) is 1.83. The third-order valence-electron chi connectivity index (χ3n) is 5.00. The summed E-state index contributed by atoms with van der Waals surface area (Å²) >= 11 is 0. The zero-order valence-corrected chi connectivity index (χ0v) is 15.5. The smallest absolute Gasteiger partial charge is 0.142 e. The maximum Gasteiger partial charge on any atom is 0.142 e. The van der Waals surface area contributed by atoms with Crippen LogP contribution in [0.25, 0.3) is 5.69 Å². The fraction of sp³-hybridized carbons (Fsp3) is 0.286. The Morgan fingerprint density at radius 1 is 0.963 bits per heavy atom. The van der Waals surface area contributed by atoms with Gasteiger partial charge >= 0.3 is 0 Å². The van der Waals surface area contributed by atoms with Crippen LogP contribution in [0, 0.1) is 0 Å². The minimum absolute atomic E-state index is 0.264. The number of piperazine rings is 1. The zero-order valence-electron chi connectivity index (χ0n) is 15.5. The Labute approximate surface area is 159 Å². The first-order valence-electron chi connectivity index (χ1n) is 9.17. The summed E-state index contributed by atoms with van der Waals surface area (Å²) < 4.78 is 7.44. The standard InChI is InChI=1S/C21H24N4O2/c1-27-21-5-3-2-4-20(21)24-14-12-23(13-15-24)16-18-10-11-22-25(18)17-6-8-19(26)9-7-17/h2-11,26H,12-16H2,1H3. The van der Waals surface area contributed by atoms with Crippen molar-refractivity contribution in [2.45, 2.75) is 6.54 Å². The molecule has 0 amide bonds. The number of aromatic hydroxyl groups is 1. The van der Waals surface area contributed by atoms with Crippen molar-refractivity contribution in [2.24, 2.45) is 0 Å². The third-order valence-corrected chi connectivity index (χ3v) is 5.00. The molecular formula is C21H24N4O2. The van der Waals surface area contributed by atoms with E-state index in [-0.39, 0.29) is 5.75 Å². The van der Waals surface area contributed by atoms with E-state index in [2.05, 4.69) is 33.1 Å². The number of hydrogen-bond acceptors (Lipinski definition) is 5. The molecule has 4 rings (SSSR count). The third kappa shape index (κ3) is 3.75. The van der Waals surface area contributed by atoms with Gasteiger partial charge in [-0.2, -0.15) is 5.10 Å². The van der Waals surface area contributed by atoms with Crippen LogP contribution in [0.4, 0.5) is 5.69 Å². The van der Waals surface area contributed by atoms with E-state index in [0.29, 0.717) is 0 Å². The van der Waals surface area contributed by atoms with E-state index in [1.165, 1.54) is 0 Å². The molecule has 0 bridgehead atoms. The molecule has 1 aliphatic heterocycles. The molecule has 3 aromatic rings. The molecule has 1 saturated heterocycles. The van der Waals surface area contributed by atoms with Crippen molar-refractivity contribution in [1.82, 2.24) is 14.7 Å². The lowest BCUT2D eigenvalue weighted by Gasteiger charge is -2.36. The summed E-state index contributed by atoms with van der Waals surface area (Å²) in [6, 6.07) is 17.4.